The third-order valence-electron chi connectivity index (χ3n) is 6.35. The molecule has 3 heterocycles. The molecule has 0 unspecified atom stereocenters. The molecule has 1 saturated carbocycles. The van der Waals surface area contributed by atoms with Crippen molar-refractivity contribution in [2.75, 3.05) is 4.90 Å². The first-order valence-corrected chi connectivity index (χ1v) is 11.2. The minimum atomic E-state index is 0.571. The molecular formula is C26H29N5. The molecule has 3 aromatic rings. The normalized spacial score (nSPS) is 15.8. The maximum atomic E-state index is 4.64. The van der Waals surface area contributed by atoms with Gasteiger partial charge in [0.15, 0.2) is 0 Å². The van der Waals surface area contributed by atoms with Gasteiger partial charge < -0.3 is 4.90 Å². The highest BCUT2D eigenvalue weighted by molar-refractivity contribution is 5.76. The number of allylic oxidation sites excluding steroid dienone is 2. The van der Waals surface area contributed by atoms with Crippen LogP contribution in [0.2, 0.25) is 0 Å². The van der Waals surface area contributed by atoms with Crippen LogP contribution in [0.3, 0.4) is 0 Å². The summed E-state index contributed by atoms with van der Waals surface area (Å²) in [4.78, 5) is 11.5. The number of nitrogens with zero attached hydrogens (tertiary/aromatic N) is 5. The molecule has 158 valence electrons. The Bertz CT molecular complexity index is 1150. The van der Waals surface area contributed by atoms with E-state index in [-0.39, 0.29) is 0 Å². The van der Waals surface area contributed by atoms with Crippen molar-refractivity contribution >= 4 is 5.69 Å². The summed E-state index contributed by atoms with van der Waals surface area (Å²) >= 11 is 0. The molecule has 1 aliphatic heterocycles. The molecule has 5 rings (SSSR count). The fourth-order valence-corrected chi connectivity index (χ4v) is 4.43. The van der Waals surface area contributed by atoms with Crippen molar-refractivity contribution in [1.29, 1.82) is 0 Å². The van der Waals surface area contributed by atoms with Crippen LogP contribution in [-0.2, 0) is 12.8 Å². The molecule has 0 saturated heterocycles. The van der Waals surface area contributed by atoms with Gasteiger partial charge in [0.05, 0.1) is 12.2 Å². The van der Waals surface area contributed by atoms with E-state index in [0.29, 0.717) is 12.5 Å². The lowest BCUT2D eigenvalue weighted by Gasteiger charge is -2.36. The van der Waals surface area contributed by atoms with Crippen LogP contribution in [0.4, 0.5) is 5.69 Å². The minimum Gasteiger partial charge on any atom is -0.319 e. The van der Waals surface area contributed by atoms with Crippen LogP contribution < -0.4 is 4.90 Å². The SMILES string of the molecule is C=C(CC)N1C(=C)CCc2c1ccc(-c1cnn(C3CC3)c1)c2Cc1ncc(C)cn1. The summed E-state index contributed by atoms with van der Waals surface area (Å²) < 4.78 is 2.12. The molecule has 0 radical (unpaired) electrons. The Hall–Kier alpha value is -3.21. The zero-order valence-electron chi connectivity index (χ0n) is 18.4. The van der Waals surface area contributed by atoms with Gasteiger partial charge in [-0.05, 0) is 67.3 Å². The fraction of sp³-hybridized carbons (Fsp3) is 0.346. The van der Waals surface area contributed by atoms with Crippen LogP contribution in [0.1, 0.15) is 61.2 Å². The Labute approximate surface area is 184 Å². The molecule has 2 aliphatic rings. The summed E-state index contributed by atoms with van der Waals surface area (Å²) in [5, 5.41) is 4.64. The highest BCUT2D eigenvalue weighted by Crippen LogP contribution is 2.42. The largest absolute Gasteiger partial charge is 0.319 e. The van der Waals surface area contributed by atoms with Crippen LogP contribution in [0.15, 0.2) is 61.5 Å². The number of rotatable bonds is 6. The fourth-order valence-electron chi connectivity index (χ4n) is 4.43. The van der Waals surface area contributed by atoms with Crippen LogP contribution >= 0.6 is 0 Å². The van der Waals surface area contributed by atoms with Crippen LogP contribution in [0, 0.1) is 6.92 Å². The molecule has 1 aromatic carbocycles. The Morgan fingerprint density at radius 3 is 2.61 bits per heavy atom. The maximum absolute atomic E-state index is 4.64. The summed E-state index contributed by atoms with van der Waals surface area (Å²) in [5.74, 6) is 0.847. The Kier molecular flexibility index (Phi) is 4.97. The average molecular weight is 412 g/mol. The van der Waals surface area contributed by atoms with Gasteiger partial charge in [-0.25, -0.2) is 9.97 Å². The molecule has 0 spiro atoms. The molecule has 0 N–H and O–H groups in total. The number of anilines is 1. The van der Waals surface area contributed by atoms with Crippen molar-refractivity contribution in [3.05, 3.63) is 84.0 Å². The quantitative estimate of drug-likeness (QED) is 0.517. The van der Waals surface area contributed by atoms with Gasteiger partial charge in [0.25, 0.3) is 0 Å². The van der Waals surface area contributed by atoms with Gasteiger partial charge in [-0.1, -0.05) is 26.1 Å². The predicted molar refractivity (Wildman–Crippen MR) is 125 cm³/mol. The third-order valence-corrected chi connectivity index (χ3v) is 6.35. The number of benzene rings is 1. The maximum Gasteiger partial charge on any atom is 0.132 e. The highest BCUT2D eigenvalue weighted by Gasteiger charge is 2.28. The van der Waals surface area contributed by atoms with Gasteiger partial charge in [0.1, 0.15) is 5.82 Å². The number of aryl methyl sites for hydroxylation is 1. The average Bonchev–Trinajstić information content (AvgIpc) is 3.52. The summed E-state index contributed by atoms with van der Waals surface area (Å²) in [6, 6.07) is 5.02. The molecule has 5 heteroatoms. The molecule has 2 aromatic heterocycles. The van der Waals surface area contributed by atoms with E-state index in [1.165, 1.54) is 40.8 Å². The smallest absolute Gasteiger partial charge is 0.132 e. The van der Waals surface area contributed by atoms with Gasteiger partial charge in [0.2, 0.25) is 0 Å². The Morgan fingerprint density at radius 1 is 1.13 bits per heavy atom. The van der Waals surface area contributed by atoms with Crippen LogP contribution in [0.25, 0.3) is 11.1 Å². The van der Waals surface area contributed by atoms with Crippen LogP contribution in [-0.4, -0.2) is 19.7 Å². The minimum absolute atomic E-state index is 0.571. The highest BCUT2D eigenvalue weighted by atomic mass is 15.3. The van der Waals surface area contributed by atoms with E-state index in [1.54, 1.807) is 0 Å². The van der Waals surface area contributed by atoms with E-state index >= 15 is 0 Å². The summed E-state index contributed by atoms with van der Waals surface area (Å²) in [6.45, 7) is 12.8. The van der Waals surface area contributed by atoms with Crippen LogP contribution in [0.5, 0.6) is 0 Å². The Balaban J connectivity index is 1.64. The van der Waals surface area contributed by atoms with E-state index in [9.17, 15) is 0 Å². The topological polar surface area (TPSA) is 46.8 Å². The molecule has 5 nitrogen and oxygen atoms in total. The number of aromatic nitrogens is 4. The molecule has 0 amide bonds. The second-order valence-corrected chi connectivity index (χ2v) is 8.70. The zero-order valence-corrected chi connectivity index (χ0v) is 18.4. The van der Waals surface area contributed by atoms with E-state index in [1.807, 2.05) is 25.5 Å². The van der Waals surface area contributed by atoms with E-state index < -0.39 is 0 Å². The Morgan fingerprint density at radius 2 is 1.90 bits per heavy atom. The first-order chi connectivity index (χ1) is 15.0. The predicted octanol–water partition coefficient (Wildman–Crippen LogP) is 5.76. The van der Waals surface area contributed by atoms with Crippen molar-refractivity contribution in [2.45, 2.75) is 58.4 Å². The van der Waals surface area contributed by atoms with Gasteiger partial charge in [0, 0.05) is 47.7 Å². The van der Waals surface area contributed by atoms with Gasteiger partial charge >= 0.3 is 0 Å². The standard InChI is InChI=1S/C26H29N5/c1-5-18(3)31-19(4)6-9-23-24(12-26-27-13-17(2)14-28-26)22(10-11-25(23)31)20-15-29-30(16-20)21-7-8-21/h10-11,13-16,21H,3-9,12H2,1-2H3. The first kappa shape index (κ1) is 19.7. The molecule has 0 bridgehead atoms. The van der Waals surface area contributed by atoms with Crippen molar-refractivity contribution in [2.24, 2.45) is 0 Å². The molecule has 31 heavy (non-hydrogen) atoms. The third kappa shape index (κ3) is 3.69. The zero-order chi connectivity index (χ0) is 21.5. The van der Waals surface area contributed by atoms with Gasteiger partial charge in [-0.3, -0.25) is 4.68 Å². The molecule has 1 fully saturated rings. The van der Waals surface area contributed by atoms with E-state index in [2.05, 4.69) is 63.1 Å². The molecular weight excluding hydrogens is 382 g/mol. The molecule has 0 atom stereocenters. The first-order valence-electron chi connectivity index (χ1n) is 11.2. The summed E-state index contributed by atoms with van der Waals surface area (Å²) in [7, 11) is 0. The van der Waals surface area contributed by atoms with Crippen molar-refractivity contribution < 1.29 is 0 Å². The second kappa shape index (κ2) is 7.80. The van der Waals surface area contributed by atoms with Gasteiger partial charge in [-0.2, -0.15) is 5.10 Å². The summed E-state index contributed by atoms with van der Waals surface area (Å²) in [6.07, 6.45) is 13.9. The summed E-state index contributed by atoms with van der Waals surface area (Å²) in [5.41, 5.74) is 9.51. The van der Waals surface area contributed by atoms with Gasteiger partial charge in [-0.15, -0.1) is 0 Å². The van der Waals surface area contributed by atoms with Crippen molar-refractivity contribution in [1.82, 2.24) is 19.7 Å². The van der Waals surface area contributed by atoms with E-state index in [0.717, 1.165) is 42.0 Å². The van der Waals surface area contributed by atoms with Crippen molar-refractivity contribution in [3.8, 4) is 11.1 Å². The second-order valence-electron chi connectivity index (χ2n) is 8.70. The van der Waals surface area contributed by atoms with E-state index in [4.69, 9.17) is 0 Å². The number of fused-ring (bicyclic) bond motifs is 1. The monoisotopic (exact) mass is 411 g/mol. The number of hydrogen-bond donors (Lipinski definition) is 0. The lowest BCUT2D eigenvalue weighted by molar-refractivity contribution is 0.642. The number of hydrogen-bond acceptors (Lipinski definition) is 4. The lowest BCUT2D eigenvalue weighted by atomic mass is 9.87. The molecule has 1 aliphatic carbocycles. The van der Waals surface area contributed by atoms with Crippen molar-refractivity contribution in [3.63, 3.8) is 0 Å². The lowest BCUT2D eigenvalue weighted by Crippen LogP contribution is -2.26.